The van der Waals surface area contributed by atoms with Gasteiger partial charge in [0.15, 0.2) is 0 Å². The van der Waals surface area contributed by atoms with Gasteiger partial charge in [0.25, 0.3) is 0 Å². The zero-order chi connectivity index (χ0) is 9.23. The van der Waals surface area contributed by atoms with Gasteiger partial charge in [-0.15, -0.1) is 0 Å². The Kier molecular flexibility index (Phi) is 7.33. The van der Waals surface area contributed by atoms with E-state index >= 15 is 0 Å². The van der Waals surface area contributed by atoms with Crippen molar-refractivity contribution in [3.05, 3.63) is 30.3 Å². The SMILES string of the molecule is CNNC.COc1ccccc1. The van der Waals surface area contributed by atoms with Crippen molar-refractivity contribution in [2.45, 2.75) is 0 Å². The lowest BCUT2D eigenvalue weighted by molar-refractivity contribution is 0.415. The van der Waals surface area contributed by atoms with Crippen molar-refractivity contribution in [3.8, 4) is 5.75 Å². The molecule has 3 heteroatoms. The Labute approximate surface area is 73.7 Å². The van der Waals surface area contributed by atoms with Gasteiger partial charge in [-0.2, -0.15) is 0 Å². The Morgan fingerprint density at radius 3 is 1.75 bits per heavy atom. The lowest BCUT2D eigenvalue weighted by atomic mass is 10.3. The Morgan fingerprint density at radius 2 is 1.50 bits per heavy atom. The van der Waals surface area contributed by atoms with Crippen molar-refractivity contribution in [2.75, 3.05) is 21.2 Å². The van der Waals surface area contributed by atoms with E-state index in [1.807, 2.05) is 44.4 Å². The molecule has 0 aromatic heterocycles. The first kappa shape index (κ1) is 10.9. The van der Waals surface area contributed by atoms with Gasteiger partial charge >= 0.3 is 0 Å². The van der Waals surface area contributed by atoms with E-state index in [9.17, 15) is 0 Å². The van der Waals surface area contributed by atoms with Crippen LogP contribution in [0.15, 0.2) is 30.3 Å². The molecule has 12 heavy (non-hydrogen) atoms. The molecular weight excluding hydrogens is 152 g/mol. The lowest BCUT2D eigenvalue weighted by Crippen LogP contribution is -2.21. The van der Waals surface area contributed by atoms with Gasteiger partial charge in [-0.05, 0) is 26.2 Å². The maximum absolute atomic E-state index is 4.91. The Balaban J connectivity index is 0.000000261. The fraction of sp³-hybridized carbons (Fsp3) is 0.333. The van der Waals surface area contributed by atoms with Gasteiger partial charge in [-0.3, -0.25) is 10.9 Å². The van der Waals surface area contributed by atoms with Gasteiger partial charge in [0.05, 0.1) is 7.11 Å². The van der Waals surface area contributed by atoms with E-state index in [0.29, 0.717) is 0 Å². The van der Waals surface area contributed by atoms with E-state index in [0.717, 1.165) is 5.75 Å². The first-order chi connectivity index (χ1) is 5.85. The van der Waals surface area contributed by atoms with Gasteiger partial charge in [0.2, 0.25) is 0 Å². The Hall–Kier alpha value is -1.06. The zero-order valence-corrected chi connectivity index (χ0v) is 7.79. The van der Waals surface area contributed by atoms with E-state index in [4.69, 9.17) is 4.74 Å². The van der Waals surface area contributed by atoms with E-state index in [-0.39, 0.29) is 0 Å². The summed E-state index contributed by atoms with van der Waals surface area (Å²) in [6.07, 6.45) is 0. The molecule has 0 aliphatic rings. The molecule has 0 fully saturated rings. The summed E-state index contributed by atoms with van der Waals surface area (Å²) in [6.45, 7) is 0. The zero-order valence-electron chi connectivity index (χ0n) is 7.79. The van der Waals surface area contributed by atoms with Crippen LogP contribution in [0.5, 0.6) is 5.75 Å². The van der Waals surface area contributed by atoms with Gasteiger partial charge < -0.3 is 4.74 Å². The van der Waals surface area contributed by atoms with Gasteiger partial charge in [-0.25, -0.2) is 0 Å². The molecule has 0 radical (unpaired) electrons. The van der Waals surface area contributed by atoms with E-state index in [1.54, 1.807) is 7.11 Å². The molecule has 0 aliphatic heterocycles. The highest BCUT2D eigenvalue weighted by Crippen LogP contribution is 2.05. The van der Waals surface area contributed by atoms with Crippen molar-refractivity contribution >= 4 is 0 Å². The highest BCUT2D eigenvalue weighted by atomic mass is 16.5. The number of hydrogen-bond donors (Lipinski definition) is 2. The number of nitrogens with one attached hydrogen (secondary N) is 2. The molecule has 68 valence electrons. The smallest absolute Gasteiger partial charge is 0.118 e. The van der Waals surface area contributed by atoms with Crippen molar-refractivity contribution < 1.29 is 4.74 Å². The summed E-state index contributed by atoms with van der Waals surface area (Å²) >= 11 is 0. The van der Waals surface area contributed by atoms with Crippen molar-refractivity contribution in [2.24, 2.45) is 0 Å². The highest BCUT2D eigenvalue weighted by molar-refractivity contribution is 5.20. The molecule has 0 aliphatic carbocycles. The maximum atomic E-state index is 4.91. The molecule has 0 spiro atoms. The summed E-state index contributed by atoms with van der Waals surface area (Å²) in [5.74, 6) is 0.910. The average Bonchev–Trinajstić information content (AvgIpc) is 2.19. The van der Waals surface area contributed by atoms with Crippen LogP contribution >= 0.6 is 0 Å². The Morgan fingerprint density at radius 1 is 1.00 bits per heavy atom. The molecule has 0 atom stereocenters. The normalized spacial score (nSPS) is 8.25. The molecule has 0 saturated heterocycles. The largest absolute Gasteiger partial charge is 0.497 e. The highest BCUT2D eigenvalue weighted by Gasteiger charge is 1.80. The number of methoxy groups -OCH3 is 1. The quantitative estimate of drug-likeness (QED) is 0.647. The second-order valence-corrected chi connectivity index (χ2v) is 2.02. The first-order valence-corrected chi connectivity index (χ1v) is 3.77. The lowest BCUT2D eigenvalue weighted by Gasteiger charge is -1.93. The summed E-state index contributed by atoms with van der Waals surface area (Å²) in [5, 5.41) is 0. The average molecular weight is 168 g/mol. The number of benzene rings is 1. The van der Waals surface area contributed by atoms with Crippen LogP contribution in [0.2, 0.25) is 0 Å². The van der Waals surface area contributed by atoms with Gasteiger partial charge in [0, 0.05) is 0 Å². The third-order valence-corrected chi connectivity index (χ3v) is 1.23. The topological polar surface area (TPSA) is 33.3 Å². The molecule has 0 heterocycles. The van der Waals surface area contributed by atoms with Crippen LogP contribution in [-0.4, -0.2) is 21.2 Å². The number of hydrogen-bond acceptors (Lipinski definition) is 3. The molecular formula is C9H16N2O. The van der Waals surface area contributed by atoms with E-state index in [2.05, 4.69) is 10.9 Å². The monoisotopic (exact) mass is 168 g/mol. The van der Waals surface area contributed by atoms with Crippen LogP contribution in [0.4, 0.5) is 0 Å². The van der Waals surface area contributed by atoms with E-state index in [1.165, 1.54) is 0 Å². The van der Waals surface area contributed by atoms with Crippen molar-refractivity contribution in [1.82, 2.24) is 10.9 Å². The molecule has 3 nitrogen and oxygen atoms in total. The van der Waals surface area contributed by atoms with Crippen LogP contribution in [0.3, 0.4) is 0 Å². The third kappa shape index (κ3) is 5.70. The summed E-state index contributed by atoms with van der Waals surface area (Å²) < 4.78 is 4.91. The molecule has 0 amide bonds. The third-order valence-electron chi connectivity index (χ3n) is 1.23. The van der Waals surface area contributed by atoms with Crippen LogP contribution < -0.4 is 15.6 Å². The summed E-state index contributed by atoms with van der Waals surface area (Å²) in [4.78, 5) is 0. The minimum Gasteiger partial charge on any atom is -0.497 e. The minimum atomic E-state index is 0.910. The molecule has 0 bridgehead atoms. The minimum absolute atomic E-state index is 0.910. The molecule has 1 aromatic rings. The molecule has 1 aromatic carbocycles. The number of rotatable bonds is 2. The predicted molar refractivity (Wildman–Crippen MR) is 51.1 cm³/mol. The van der Waals surface area contributed by atoms with Crippen LogP contribution in [-0.2, 0) is 0 Å². The van der Waals surface area contributed by atoms with E-state index < -0.39 is 0 Å². The number of hydrazine groups is 1. The number of ether oxygens (including phenoxy) is 1. The van der Waals surface area contributed by atoms with Crippen molar-refractivity contribution in [3.63, 3.8) is 0 Å². The summed E-state index contributed by atoms with van der Waals surface area (Å²) in [5.41, 5.74) is 5.36. The predicted octanol–water partition coefficient (Wildman–Crippen LogP) is 1.04. The molecule has 2 N–H and O–H groups in total. The maximum Gasteiger partial charge on any atom is 0.118 e. The molecule has 0 saturated carbocycles. The molecule has 0 unspecified atom stereocenters. The van der Waals surface area contributed by atoms with Crippen LogP contribution in [0.25, 0.3) is 0 Å². The second kappa shape index (κ2) is 8.04. The van der Waals surface area contributed by atoms with Crippen LogP contribution in [0.1, 0.15) is 0 Å². The molecule has 1 rings (SSSR count). The van der Waals surface area contributed by atoms with Crippen molar-refractivity contribution in [1.29, 1.82) is 0 Å². The van der Waals surface area contributed by atoms with Gasteiger partial charge in [-0.1, -0.05) is 18.2 Å². The van der Waals surface area contributed by atoms with Gasteiger partial charge in [0.1, 0.15) is 5.75 Å². The Bertz CT molecular complexity index is 175. The number of para-hydroxylation sites is 1. The standard InChI is InChI=1S/C7H8O.C2H8N2/c1-8-7-5-3-2-4-6-7;1-3-4-2/h2-6H,1H3;3-4H,1-2H3. The fourth-order valence-corrected chi connectivity index (χ4v) is 0.557. The second-order valence-electron chi connectivity index (χ2n) is 2.02. The van der Waals surface area contributed by atoms with Crippen LogP contribution in [0, 0.1) is 0 Å². The first-order valence-electron chi connectivity index (χ1n) is 3.77. The summed E-state index contributed by atoms with van der Waals surface area (Å²) in [6, 6.07) is 9.68. The fourth-order valence-electron chi connectivity index (χ4n) is 0.557. The summed E-state index contributed by atoms with van der Waals surface area (Å²) in [7, 11) is 5.30.